The molecule has 0 bridgehead atoms. The fourth-order valence-electron chi connectivity index (χ4n) is 1.39. The lowest BCUT2D eigenvalue weighted by Gasteiger charge is -2.10. The molecule has 2 aromatic rings. The van der Waals surface area contributed by atoms with Crippen molar-refractivity contribution in [2.45, 2.75) is 12.9 Å². The number of benzene rings is 1. The first-order chi connectivity index (χ1) is 9.03. The molecule has 19 heavy (non-hydrogen) atoms. The summed E-state index contributed by atoms with van der Waals surface area (Å²) in [6.45, 7) is 0.460. The fourth-order valence-corrected chi connectivity index (χ4v) is 1.39. The minimum atomic E-state index is -4.67. The molecular formula is C12H10F3N3O. The van der Waals surface area contributed by atoms with Crippen molar-refractivity contribution in [3.63, 3.8) is 0 Å². The van der Waals surface area contributed by atoms with E-state index in [9.17, 15) is 13.2 Å². The molecule has 1 aromatic carbocycles. The first kappa shape index (κ1) is 13.1. The second-order valence-electron chi connectivity index (χ2n) is 3.63. The zero-order valence-electron chi connectivity index (χ0n) is 9.69. The summed E-state index contributed by atoms with van der Waals surface area (Å²) in [7, 11) is 0. The fraction of sp³-hybridized carbons (Fsp3) is 0.167. The molecule has 0 aliphatic rings. The van der Waals surface area contributed by atoms with E-state index in [2.05, 4.69) is 20.0 Å². The first-order valence-corrected chi connectivity index (χ1v) is 5.37. The maximum absolute atomic E-state index is 12.0. The third-order valence-electron chi connectivity index (χ3n) is 2.20. The maximum atomic E-state index is 12.0. The van der Waals surface area contributed by atoms with Crippen LogP contribution in [0.15, 0.2) is 42.9 Å². The first-order valence-electron chi connectivity index (χ1n) is 5.37. The van der Waals surface area contributed by atoms with E-state index in [1.807, 2.05) is 0 Å². The van der Waals surface area contributed by atoms with E-state index in [1.165, 1.54) is 30.6 Å². The molecular weight excluding hydrogens is 259 g/mol. The molecule has 0 fully saturated rings. The van der Waals surface area contributed by atoms with Gasteiger partial charge in [0.2, 0.25) is 0 Å². The van der Waals surface area contributed by atoms with Crippen LogP contribution < -0.4 is 10.1 Å². The molecule has 2 rings (SSSR count). The minimum absolute atomic E-state index is 0.250. The molecule has 4 nitrogen and oxygen atoms in total. The third-order valence-corrected chi connectivity index (χ3v) is 2.20. The summed E-state index contributed by atoms with van der Waals surface area (Å²) in [5.74, 6) is -0.250. The molecule has 0 saturated heterocycles. The number of rotatable bonds is 4. The molecule has 0 unspecified atom stereocenters. The molecule has 0 amide bonds. The highest BCUT2D eigenvalue weighted by Crippen LogP contribution is 2.23. The highest BCUT2D eigenvalue weighted by molar-refractivity contribution is 5.46. The summed E-state index contributed by atoms with van der Waals surface area (Å²) >= 11 is 0. The van der Waals surface area contributed by atoms with Crippen LogP contribution in [0.25, 0.3) is 0 Å². The number of nitrogens with one attached hydrogen (secondary N) is 1. The van der Waals surface area contributed by atoms with E-state index in [-0.39, 0.29) is 5.75 Å². The van der Waals surface area contributed by atoms with Gasteiger partial charge in [-0.1, -0.05) is 0 Å². The van der Waals surface area contributed by atoms with E-state index >= 15 is 0 Å². The normalized spacial score (nSPS) is 11.1. The Balaban J connectivity index is 1.92. The van der Waals surface area contributed by atoms with Crippen molar-refractivity contribution < 1.29 is 17.9 Å². The van der Waals surface area contributed by atoms with E-state index in [4.69, 9.17) is 0 Å². The topological polar surface area (TPSA) is 47.0 Å². The summed E-state index contributed by atoms with van der Waals surface area (Å²) in [6.07, 6.45) is -1.63. The lowest BCUT2D eigenvalue weighted by Crippen LogP contribution is -2.17. The number of nitrogens with zero attached hydrogens (tertiary/aromatic N) is 2. The lowest BCUT2D eigenvalue weighted by molar-refractivity contribution is -0.274. The van der Waals surface area contributed by atoms with Crippen LogP contribution in [0.4, 0.5) is 18.9 Å². The standard InChI is InChI=1S/C12H10F3N3O/c13-12(14,15)19-11-3-1-9(2-4-11)17-7-10-5-6-16-8-18-10/h1-6,8,17H,7H2. The van der Waals surface area contributed by atoms with E-state index in [0.29, 0.717) is 12.2 Å². The Bertz CT molecular complexity index is 514. The average molecular weight is 269 g/mol. The van der Waals surface area contributed by atoms with Crippen molar-refractivity contribution in [3.8, 4) is 5.75 Å². The Morgan fingerprint density at radius 2 is 1.84 bits per heavy atom. The largest absolute Gasteiger partial charge is 0.573 e. The summed E-state index contributed by atoms with van der Waals surface area (Å²) in [4.78, 5) is 7.80. The number of anilines is 1. The van der Waals surface area contributed by atoms with Crippen LogP contribution in [0.1, 0.15) is 5.69 Å². The quantitative estimate of drug-likeness (QED) is 0.926. The number of ether oxygens (including phenoxy) is 1. The smallest absolute Gasteiger partial charge is 0.406 e. The number of hydrogen-bond donors (Lipinski definition) is 1. The van der Waals surface area contributed by atoms with E-state index < -0.39 is 6.36 Å². The Hall–Kier alpha value is -2.31. The van der Waals surface area contributed by atoms with Gasteiger partial charge in [0.05, 0.1) is 12.2 Å². The second kappa shape index (κ2) is 5.55. The molecule has 1 aromatic heterocycles. The Morgan fingerprint density at radius 3 is 2.42 bits per heavy atom. The van der Waals surface area contributed by atoms with Gasteiger partial charge in [-0.05, 0) is 30.3 Å². The molecule has 1 N–H and O–H groups in total. The molecule has 1 heterocycles. The SMILES string of the molecule is FC(F)(F)Oc1ccc(NCc2ccncn2)cc1. The van der Waals surface area contributed by atoms with Crippen LogP contribution >= 0.6 is 0 Å². The van der Waals surface area contributed by atoms with Crippen molar-refractivity contribution in [1.29, 1.82) is 0 Å². The van der Waals surface area contributed by atoms with Gasteiger partial charge in [0, 0.05) is 11.9 Å². The summed E-state index contributed by atoms with van der Waals surface area (Å²) in [6, 6.07) is 7.24. The summed E-state index contributed by atoms with van der Waals surface area (Å²) in [5.41, 5.74) is 1.46. The molecule has 100 valence electrons. The van der Waals surface area contributed by atoms with Gasteiger partial charge in [0.15, 0.2) is 0 Å². The number of alkyl halides is 3. The van der Waals surface area contributed by atoms with Crippen LogP contribution in [0.2, 0.25) is 0 Å². The van der Waals surface area contributed by atoms with Gasteiger partial charge in [-0.3, -0.25) is 0 Å². The Kier molecular flexibility index (Phi) is 3.84. The van der Waals surface area contributed by atoms with Crippen LogP contribution in [-0.2, 0) is 6.54 Å². The molecule has 0 saturated carbocycles. The van der Waals surface area contributed by atoms with Gasteiger partial charge in [-0.25, -0.2) is 9.97 Å². The van der Waals surface area contributed by atoms with Gasteiger partial charge in [0.1, 0.15) is 12.1 Å². The molecule has 7 heteroatoms. The van der Waals surface area contributed by atoms with E-state index in [0.717, 1.165) is 5.69 Å². The van der Waals surface area contributed by atoms with Crippen molar-refractivity contribution in [2.24, 2.45) is 0 Å². The van der Waals surface area contributed by atoms with E-state index in [1.54, 1.807) is 12.3 Å². The van der Waals surface area contributed by atoms with Crippen LogP contribution in [-0.4, -0.2) is 16.3 Å². The average Bonchev–Trinajstić information content (AvgIpc) is 2.37. The Labute approximate surface area is 107 Å². The molecule has 0 aliphatic carbocycles. The monoisotopic (exact) mass is 269 g/mol. The Morgan fingerprint density at radius 1 is 1.11 bits per heavy atom. The van der Waals surface area contributed by atoms with Gasteiger partial charge >= 0.3 is 6.36 Å². The highest BCUT2D eigenvalue weighted by atomic mass is 19.4. The van der Waals surface area contributed by atoms with Gasteiger partial charge < -0.3 is 10.1 Å². The minimum Gasteiger partial charge on any atom is -0.406 e. The van der Waals surface area contributed by atoms with Crippen molar-refractivity contribution in [1.82, 2.24) is 9.97 Å². The van der Waals surface area contributed by atoms with Gasteiger partial charge in [-0.15, -0.1) is 13.2 Å². The van der Waals surface area contributed by atoms with Crippen LogP contribution in [0.3, 0.4) is 0 Å². The molecule has 0 atom stereocenters. The molecule has 0 spiro atoms. The maximum Gasteiger partial charge on any atom is 0.573 e. The van der Waals surface area contributed by atoms with Gasteiger partial charge in [0.25, 0.3) is 0 Å². The number of halogens is 3. The van der Waals surface area contributed by atoms with Gasteiger partial charge in [-0.2, -0.15) is 0 Å². The number of aromatic nitrogens is 2. The number of hydrogen-bond acceptors (Lipinski definition) is 4. The lowest BCUT2D eigenvalue weighted by atomic mass is 10.3. The zero-order chi connectivity index (χ0) is 13.7. The molecule has 0 radical (unpaired) electrons. The van der Waals surface area contributed by atoms with Crippen molar-refractivity contribution >= 4 is 5.69 Å². The van der Waals surface area contributed by atoms with Crippen molar-refractivity contribution in [2.75, 3.05) is 5.32 Å². The summed E-state index contributed by atoms with van der Waals surface area (Å²) < 4.78 is 39.6. The molecule has 0 aliphatic heterocycles. The van der Waals surface area contributed by atoms with Crippen LogP contribution in [0.5, 0.6) is 5.75 Å². The second-order valence-corrected chi connectivity index (χ2v) is 3.63. The van der Waals surface area contributed by atoms with Crippen LogP contribution in [0, 0.1) is 0 Å². The third kappa shape index (κ3) is 4.46. The van der Waals surface area contributed by atoms with Crippen molar-refractivity contribution in [3.05, 3.63) is 48.5 Å². The highest BCUT2D eigenvalue weighted by Gasteiger charge is 2.30. The predicted molar refractivity (Wildman–Crippen MR) is 62.5 cm³/mol. The zero-order valence-corrected chi connectivity index (χ0v) is 9.69. The summed E-state index contributed by atoms with van der Waals surface area (Å²) in [5, 5.41) is 3.02. The predicted octanol–water partition coefficient (Wildman–Crippen LogP) is 2.99.